The molecule has 1 amide bonds. The third-order valence-electron chi connectivity index (χ3n) is 3.03. The molecule has 3 heteroatoms. The number of carbonyl (C=O) groups is 1. The van der Waals surface area contributed by atoms with Crippen LogP contribution in [0.1, 0.15) is 60.3 Å². The lowest BCUT2D eigenvalue weighted by Crippen LogP contribution is -2.35. The summed E-state index contributed by atoms with van der Waals surface area (Å²) in [5, 5.41) is 2.99. The molecule has 1 atom stereocenters. The Bertz CT molecular complexity index is 221. The monoisotopic (exact) mass is 257 g/mol. The third-order valence-corrected chi connectivity index (χ3v) is 3.03. The minimum absolute atomic E-state index is 0.145. The molecule has 0 aromatic heterocycles. The Morgan fingerprint density at radius 3 is 2.39 bits per heavy atom. The SMILES string of the molecule is CCOCCCC(C)CCCNC(=O)C(C)(C)C. The molecule has 108 valence electrons. The van der Waals surface area contributed by atoms with Gasteiger partial charge in [0.15, 0.2) is 0 Å². The van der Waals surface area contributed by atoms with Gasteiger partial charge in [-0.2, -0.15) is 0 Å². The van der Waals surface area contributed by atoms with Gasteiger partial charge in [0.2, 0.25) is 5.91 Å². The van der Waals surface area contributed by atoms with E-state index in [0.717, 1.165) is 38.5 Å². The van der Waals surface area contributed by atoms with E-state index in [1.807, 2.05) is 27.7 Å². The summed E-state index contributed by atoms with van der Waals surface area (Å²) in [6, 6.07) is 0. The number of hydrogen-bond acceptors (Lipinski definition) is 2. The zero-order valence-electron chi connectivity index (χ0n) is 12.8. The topological polar surface area (TPSA) is 38.3 Å². The highest BCUT2D eigenvalue weighted by Crippen LogP contribution is 2.14. The van der Waals surface area contributed by atoms with Crippen LogP contribution in [0, 0.1) is 11.3 Å². The van der Waals surface area contributed by atoms with Crippen LogP contribution in [0.25, 0.3) is 0 Å². The number of amides is 1. The Morgan fingerprint density at radius 2 is 1.83 bits per heavy atom. The van der Waals surface area contributed by atoms with Crippen LogP contribution < -0.4 is 5.32 Å². The molecular weight excluding hydrogens is 226 g/mol. The summed E-state index contributed by atoms with van der Waals surface area (Å²) in [6.07, 6.45) is 4.60. The number of nitrogens with one attached hydrogen (secondary N) is 1. The van der Waals surface area contributed by atoms with Crippen molar-refractivity contribution in [3.8, 4) is 0 Å². The van der Waals surface area contributed by atoms with Crippen LogP contribution in [0.3, 0.4) is 0 Å². The Morgan fingerprint density at radius 1 is 1.22 bits per heavy atom. The molecule has 0 fully saturated rings. The van der Waals surface area contributed by atoms with Gasteiger partial charge in [-0.05, 0) is 38.5 Å². The first-order chi connectivity index (χ1) is 8.38. The minimum Gasteiger partial charge on any atom is -0.382 e. The van der Waals surface area contributed by atoms with Crippen molar-refractivity contribution in [1.82, 2.24) is 5.32 Å². The first-order valence-electron chi connectivity index (χ1n) is 7.24. The third kappa shape index (κ3) is 9.46. The van der Waals surface area contributed by atoms with Crippen molar-refractivity contribution in [3.63, 3.8) is 0 Å². The van der Waals surface area contributed by atoms with Gasteiger partial charge in [-0.3, -0.25) is 4.79 Å². The van der Waals surface area contributed by atoms with Gasteiger partial charge in [0.25, 0.3) is 0 Å². The fourth-order valence-electron chi connectivity index (χ4n) is 1.74. The lowest BCUT2D eigenvalue weighted by Gasteiger charge is -2.18. The molecule has 0 saturated carbocycles. The van der Waals surface area contributed by atoms with Crippen LogP contribution in [0.2, 0.25) is 0 Å². The summed E-state index contributed by atoms with van der Waals surface area (Å²) in [4.78, 5) is 11.6. The molecule has 0 aromatic rings. The van der Waals surface area contributed by atoms with Gasteiger partial charge in [-0.1, -0.05) is 27.7 Å². The molecule has 0 aliphatic rings. The van der Waals surface area contributed by atoms with Gasteiger partial charge in [-0.15, -0.1) is 0 Å². The summed E-state index contributed by atoms with van der Waals surface area (Å²) in [6.45, 7) is 12.6. The van der Waals surface area contributed by atoms with Gasteiger partial charge in [0, 0.05) is 25.2 Å². The van der Waals surface area contributed by atoms with Crippen LogP contribution >= 0.6 is 0 Å². The Balaban J connectivity index is 3.46. The van der Waals surface area contributed by atoms with Crippen molar-refractivity contribution >= 4 is 5.91 Å². The Kier molecular flexibility index (Phi) is 9.08. The number of rotatable bonds is 9. The van der Waals surface area contributed by atoms with Crippen molar-refractivity contribution in [1.29, 1.82) is 0 Å². The Hall–Kier alpha value is -0.570. The molecule has 0 aromatic carbocycles. The normalized spacial score (nSPS) is 13.4. The van der Waals surface area contributed by atoms with Crippen molar-refractivity contribution in [2.75, 3.05) is 19.8 Å². The van der Waals surface area contributed by atoms with Crippen molar-refractivity contribution in [2.45, 2.75) is 60.3 Å². The zero-order valence-corrected chi connectivity index (χ0v) is 12.8. The highest BCUT2D eigenvalue weighted by atomic mass is 16.5. The molecule has 0 spiro atoms. The van der Waals surface area contributed by atoms with Crippen LogP contribution in [0.4, 0.5) is 0 Å². The lowest BCUT2D eigenvalue weighted by molar-refractivity contribution is -0.128. The van der Waals surface area contributed by atoms with E-state index in [1.54, 1.807) is 0 Å². The molecule has 0 heterocycles. The predicted molar refractivity (Wildman–Crippen MR) is 76.6 cm³/mol. The van der Waals surface area contributed by atoms with Gasteiger partial charge < -0.3 is 10.1 Å². The van der Waals surface area contributed by atoms with Crippen molar-refractivity contribution in [2.24, 2.45) is 11.3 Å². The standard InChI is InChI=1S/C15H31NO2/c1-6-18-12-8-10-13(2)9-7-11-16-14(17)15(3,4)5/h13H,6-12H2,1-5H3,(H,16,17). The molecule has 18 heavy (non-hydrogen) atoms. The zero-order chi connectivity index (χ0) is 14.0. The Labute approximate surface area is 113 Å². The highest BCUT2D eigenvalue weighted by Gasteiger charge is 2.20. The molecule has 1 N–H and O–H groups in total. The lowest BCUT2D eigenvalue weighted by atomic mass is 9.95. The number of carbonyl (C=O) groups excluding carboxylic acids is 1. The quantitative estimate of drug-likeness (QED) is 0.643. The van der Waals surface area contributed by atoms with E-state index in [-0.39, 0.29) is 11.3 Å². The molecular formula is C15H31NO2. The number of ether oxygens (including phenoxy) is 1. The summed E-state index contributed by atoms with van der Waals surface area (Å²) in [7, 11) is 0. The molecule has 0 aliphatic carbocycles. The van der Waals surface area contributed by atoms with E-state index in [4.69, 9.17) is 4.74 Å². The summed E-state index contributed by atoms with van der Waals surface area (Å²) in [5.74, 6) is 0.864. The average molecular weight is 257 g/mol. The first-order valence-corrected chi connectivity index (χ1v) is 7.24. The number of hydrogen-bond donors (Lipinski definition) is 1. The van der Waals surface area contributed by atoms with E-state index >= 15 is 0 Å². The fourth-order valence-corrected chi connectivity index (χ4v) is 1.74. The molecule has 3 nitrogen and oxygen atoms in total. The minimum atomic E-state index is -0.275. The molecule has 0 saturated heterocycles. The van der Waals surface area contributed by atoms with E-state index in [2.05, 4.69) is 12.2 Å². The second kappa shape index (κ2) is 9.37. The van der Waals surface area contributed by atoms with Gasteiger partial charge in [0.05, 0.1) is 0 Å². The molecule has 0 radical (unpaired) electrons. The van der Waals surface area contributed by atoms with Crippen LogP contribution in [0.15, 0.2) is 0 Å². The van der Waals surface area contributed by atoms with Crippen LogP contribution in [-0.2, 0) is 9.53 Å². The average Bonchev–Trinajstić information content (AvgIpc) is 2.28. The summed E-state index contributed by atoms with van der Waals surface area (Å²) < 4.78 is 5.32. The second-order valence-electron chi connectivity index (χ2n) is 6.09. The van der Waals surface area contributed by atoms with Crippen molar-refractivity contribution < 1.29 is 9.53 Å². The van der Waals surface area contributed by atoms with E-state index in [1.165, 1.54) is 12.8 Å². The largest absolute Gasteiger partial charge is 0.382 e. The molecule has 0 rings (SSSR count). The summed E-state index contributed by atoms with van der Waals surface area (Å²) in [5.41, 5.74) is -0.275. The fraction of sp³-hybridized carbons (Fsp3) is 0.933. The van der Waals surface area contributed by atoms with Crippen LogP contribution in [0.5, 0.6) is 0 Å². The maximum Gasteiger partial charge on any atom is 0.225 e. The van der Waals surface area contributed by atoms with Gasteiger partial charge in [-0.25, -0.2) is 0 Å². The second-order valence-corrected chi connectivity index (χ2v) is 6.09. The maximum atomic E-state index is 11.6. The smallest absolute Gasteiger partial charge is 0.225 e. The first kappa shape index (κ1) is 17.4. The van der Waals surface area contributed by atoms with Crippen molar-refractivity contribution in [3.05, 3.63) is 0 Å². The highest BCUT2D eigenvalue weighted by molar-refractivity contribution is 5.81. The molecule has 1 unspecified atom stereocenters. The van der Waals surface area contributed by atoms with Crippen LogP contribution in [-0.4, -0.2) is 25.7 Å². The molecule has 0 bridgehead atoms. The van der Waals surface area contributed by atoms with Gasteiger partial charge in [0.1, 0.15) is 0 Å². The van der Waals surface area contributed by atoms with Gasteiger partial charge >= 0.3 is 0 Å². The maximum absolute atomic E-state index is 11.6. The van der Waals surface area contributed by atoms with E-state index < -0.39 is 0 Å². The van der Waals surface area contributed by atoms with E-state index in [9.17, 15) is 4.79 Å². The molecule has 0 aliphatic heterocycles. The van der Waals surface area contributed by atoms with E-state index in [0.29, 0.717) is 0 Å². The predicted octanol–water partition coefficient (Wildman–Crippen LogP) is 3.38. The summed E-state index contributed by atoms with van der Waals surface area (Å²) >= 11 is 0.